The monoisotopic (exact) mass is 363 g/mol. The summed E-state index contributed by atoms with van der Waals surface area (Å²) in [4.78, 5) is 0. The molecule has 0 heterocycles. The molecule has 0 unspecified atom stereocenters. The zero-order valence-corrected chi connectivity index (χ0v) is 14.2. The van der Waals surface area contributed by atoms with Crippen LogP contribution in [0, 0.1) is 0 Å². The molecule has 0 amide bonds. The first-order chi connectivity index (χ1) is 10.0. The van der Waals surface area contributed by atoms with Gasteiger partial charge in [-0.05, 0) is 24.7 Å². The van der Waals surface area contributed by atoms with Gasteiger partial charge in [0.2, 0.25) is 0 Å². The third-order valence-corrected chi connectivity index (χ3v) is 4.19. The minimum Gasteiger partial charge on any atom is -0.455 e. The summed E-state index contributed by atoms with van der Waals surface area (Å²) in [6.45, 7) is 3.45. The van der Waals surface area contributed by atoms with Gasteiger partial charge in [-0.1, -0.05) is 59.4 Å². The second kappa shape index (κ2) is 7.57. The molecule has 0 aromatic heterocycles. The SMILES string of the molecule is CCNCc1c(Cl)cccc1Oc1cc(Cl)c(Cl)cc1Cl. The van der Waals surface area contributed by atoms with Crippen LogP contribution in [-0.4, -0.2) is 6.54 Å². The molecule has 0 bridgehead atoms. The van der Waals surface area contributed by atoms with Crippen molar-refractivity contribution in [2.45, 2.75) is 13.5 Å². The van der Waals surface area contributed by atoms with Crippen molar-refractivity contribution < 1.29 is 4.74 Å². The molecular weight excluding hydrogens is 352 g/mol. The summed E-state index contributed by atoms with van der Waals surface area (Å²) >= 11 is 24.3. The molecule has 0 saturated heterocycles. The standard InChI is InChI=1S/C15H13Cl4NO/c1-2-20-8-9-10(16)4-3-5-14(9)21-15-7-12(18)11(17)6-13(15)19/h3-7,20H,2,8H2,1H3. The van der Waals surface area contributed by atoms with E-state index in [0.29, 0.717) is 38.1 Å². The van der Waals surface area contributed by atoms with Gasteiger partial charge in [0.05, 0.1) is 15.1 Å². The number of ether oxygens (including phenoxy) is 1. The van der Waals surface area contributed by atoms with Gasteiger partial charge < -0.3 is 10.1 Å². The molecule has 0 radical (unpaired) electrons. The Bertz CT molecular complexity index is 646. The lowest BCUT2D eigenvalue weighted by molar-refractivity contribution is 0.473. The van der Waals surface area contributed by atoms with Gasteiger partial charge in [-0.2, -0.15) is 0 Å². The molecule has 2 nitrogen and oxygen atoms in total. The molecule has 0 atom stereocenters. The van der Waals surface area contributed by atoms with Crippen molar-refractivity contribution in [2.24, 2.45) is 0 Å². The summed E-state index contributed by atoms with van der Waals surface area (Å²) < 4.78 is 5.85. The predicted octanol–water partition coefficient (Wildman–Crippen LogP) is 6.20. The lowest BCUT2D eigenvalue weighted by Crippen LogP contribution is -2.12. The molecule has 0 aliphatic rings. The Hall–Kier alpha value is -0.640. The first kappa shape index (κ1) is 16.7. The third-order valence-electron chi connectivity index (χ3n) is 2.82. The second-order valence-electron chi connectivity index (χ2n) is 4.30. The topological polar surface area (TPSA) is 21.3 Å². The number of hydrogen-bond acceptors (Lipinski definition) is 2. The molecule has 21 heavy (non-hydrogen) atoms. The van der Waals surface area contributed by atoms with E-state index >= 15 is 0 Å². The molecule has 0 aliphatic heterocycles. The minimum absolute atomic E-state index is 0.381. The Balaban J connectivity index is 2.35. The van der Waals surface area contributed by atoms with E-state index in [0.717, 1.165) is 12.1 Å². The van der Waals surface area contributed by atoms with Crippen LogP contribution in [0.4, 0.5) is 0 Å². The van der Waals surface area contributed by atoms with Crippen molar-refractivity contribution in [2.75, 3.05) is 6.54 Å². The van der Waals surface area contributed by atoms with E-state index in [9.17, 15) is 0 Å². The van der Waals surface area contributed by atoms with Crippen LogP contribution in [0.3, 0.4) is 0 Å². The predicted molar refractivity (Wildman–Crippen MR) is 90.4 cm³/mol. The van der Waals surface area contributed by atoms with E-state index in [4.69, 9.17) is 51.1 Å². The molecule has 0 saturated carbocycles. The smallest absolute Gasteiger partial charge is 0.147 e. The van der Waals surface area contributed by atoms with E-state index in [1.54, 1.807) is 12.1 Å². The van der Waals surface area contributed by atoms with Crippen LogP contribution < -0.4 is 10.1 Å². The highest BCUT2D eigenvalue weighted by atomic mass is 35.5. The van der Waals surface area contributed by atoms with Gasteiger partial charge in [0, 0.05) is 23.2 Å². The van der Waals surface area contributed by atoms with Gasteiger partial charge in [-0.25, -0.2) is 0 Å². The normalized spacial score (nSPS) is 10.7. The Labute approximate surface area is 143 Å². The lowest BCUT2D eigenvalue weighted by atomic mass is 10.2. The van der Waals surface area contributed by atoms with Crippen LogP contribution in [0.5, 0.6) is 11.5 Å². The molecule has 0 spiro atoms. The maximum absolute atomic E-state index is 6.23. The van der Waals surface area contributed by atoms with Gasteiger partial charge in [-0.15, -0.1) is 0 Å². The molecule has 2 rings (SSSR count). The number of nitrogens with one attached hydrogen (secondary N) is 1. The number of rotatable bonds is 5. The maximum atomic E-state index is 6.23. The number of halogens is 4. The zero-order chi connectivity index (χ0) is 15.4. The fourth-order valence-electron chi connectivity index (χ4n) is 1.76. The summed E-state index contributed by atoms with van der Waals surface area (Å²) in [5.74, 6) is 1.06. The van der Waals surface area contributed by atoms with Crippen molar-refractivity contribution in [1.29, 1.82) is 0 Å². The van der Waals surface area contributed by atoms with E-state index in [2.05, 4.69) is 5.32 Å². The van der Waals surface area contributed by atoms with Gasteiger partial charge in [-0.3, -0.25) is 0 Å². The van der Waals surface area contributed by atoms with E-state index in [1.807, 2.05) is 25.1 Å². The average molecular weight is 365 g/mol. The van der Waals surface area contributed by atoms with Gasteiger partial charge in [0.15, 0.2) is 0 Å². The zero-order valence-electron chi connectivity index (χ0n) is 11.2. The highest BCUT2D eigenvalue weighted by Crippen LogP contribution is 2.38. The molecular formula is C15H13Cl4NO. The number of hydrogen-bond donors (Lipinski definition) is 1. The maximum Gasteiger partial charge on any atom is 0.147 e. The van der Waals surface area contributed by atoms with Crippen LogP contribution in [0.25, 0.3) is 0 Å². The Morgan fingerprint density at radius 1 is 0.905 bits per heavy atom. The highest BCUT2D eigenvalue weighted by molar-refractivity contribution is 6.43. The van der Waals surface area contributed by atoms with Gasteiger partial charge in [0.1, 0.15) is 11.5 Å². The molecule has 1 N–H and O–H groups in total. The summed E-state index contributed by atoms with van der Waals surface area (Å²) in [6.07, 6.45) is 0. The third kappa shape index (κ3) is 4.18. The Morgan fingerprint density at radius 3 is 2.33 bits per heavy atom. The van der Waals surface area contributed by atoms with E-state index < -0.39 is 0 Å². The molecule has 0 aliphatic carbocycles. The van der Waals surface area contributed by atoms with Crippen molar-refractivity contribution in [3.63, 3.8) is 0 Å². The van der Waals surface area contributed by atoms with Crippen LogP contribution in [-0.2, 0) is 6.54 Å². The summed E-state index contributed by atoms with van der Waals surface area (Å²) in [5, 5.41) is 5.00. The van der Waals surface area contributed by atoms with E-state index in [-0.39, 0.29) is 0 Å². The van der Waals surface area contributed by atoms with Gasteiger partial charge >= 0.3 is 0 Å². The molecule has 0 fully saturated rings. The molecule has 112 valence electrons. The first-order valence-corrected chi connectivity index (χ1v) is 7.84. The average Bonchev–Trinajstić information content (AvgIpc) is 2.44. The summed E-state index contributed by atoms with van der Waals surface area (Å²) in [5.41, 5.74) is 0.864. The molecule has 2 aromatic carbocycles. The summed E-state index contributed by atoms with van der Waals surface area (Å²) in [6, 6.07) is 8.60. The highest BCUT2D eigenvalue weighted by Gasteiger charge is 2.12. The first-order valence-electron chi connectivity index (χ1n) is 6.33. The van der Waals surface area contributed by atoms with E-state index in [1.165, 1.54) is 0 Å². The van der Waals surface area contributed by atoms with Crippen LogP contribution >= 0.6 is 46.4 Å². The fraction of sp³-hybridized carbons (Fsp3) is 0.200. The van der Waals surface area contributed by atoms with Crippen molar-refractivity contribution in [1.82, 2.24) is 5.32 Å². The number of benzene rings is 2. The summed E-state index contributed by atoms with van der Waals surface area (Å²) in [7, 11) is 0. The molecule has 2 aromatic rings. The second-order valence-corrected chi connectivity index (χ2v) is 5.92. The van der Waals surface area contributed by atoms with Gasteiger partial charge in [0.25, 0.3) is 0 Å². The lowest BCUT2D eigenvalue weighted by Gasteiger charge is -2.14. The Morgan fingerprint density at radius 2 is 1.62 bits per heavy atom. The van der Waals surface area contributed by atoms with Crippen molar-refractivity contribution >= 4 is 46.4 Å². The van der Waals surface area contributed by atoms with Crippen LogP contribution in [0.2, 0.25) is 20.1 Å². The molecule has 6 heteroatoms. The largest absolute Gasteiger partial charge is 0.455 e. The van der Waals surface area contributed by atoms with Crippen LogP contribution in [0.1, 0.15) is 12.5 Å². The van der Waals surface area contributed by atoms with Crippen molar-refractivity contribution in [3.05, 3.63) is 56.0 Å². The fourth-order valence-corrected chi connectivity index (χ4v) is 2.57. The van der Waals surface area contributed by atoms with Crippen molar-refractivity contribution in [3.8, 4) is 11.5 Å². The Kier molecular flexibility index (Phi) is 6.03. The quantitative estimate of drug-likeness (QED) is 0.637. The minimum atomic E-state index is 0.381. The van der Waals surface area contributed by atoms with Crippen LogP contribution in [0.15, 0.2) is 30.3 Å².